The molecule has 1 unspecified atom stereocenters. The van der Waals surface area contributed by atoms with Gasteiger partial charge in [-0.25, -0.2) is 9.59 Å². The van der Waals surface area contributed by atoms with Gasteiger partial charge in [0.25, 0.3) is 0 Å². The summed E-state index contributed by atoms with van der Waals surface area (Å²) < 4.78 is 0. The van der Waals surface area contributed by atoms with Gasteiger partial charge in [-0.2, -0.15) is 0 Å². The highest BCUT2D eigenvalue weighted by molar-refractivity contribution is 5.93. The molecule has 8 nitrogen and oxygen atoms in total. The lowest BCUT2D eigenvalue weighted by Gasteiger charge is -2.34. The Hall–Kier alpha value is -3.49. The van der Waals surface area contributed by atoms with Gasteiger partial charge in [-0.15, -0.1) is 0 Å². The van der Waals surface area contributed by atoms with Crippen LogP contribution in [0.15, 0.2) is 60.7 Å². The highest BCUT2D eigenvalue weighted by Gasteiger charge is 2.26. The molecule has 3 rings (SSSR count). The van der Waals surface area contributed by atoms with Gasteiger partial charge in [-0.05, 0) is 36.3 Å². The summed E-state index contributed by atoms with van der Waals surface area (Å²) >= 11 is 0. The number of hydrogen-bond donors (Lipinski definition) is 4. The lowest BCUT2D eigenvalue weighted by molar-refractivity contribution is -0.134. The Morgan fingerprint density at radius 3 is 2.28 bits per heavy atom. The van der Waals surface area contributed by atoms with E-state index in [1.807, 2.05) is 25.1 Å². The van der Waals surface area contributed by atoms with Crippen LogP contribution in [-0.4, -0.2) is 59.6 Å². The fourth-order valence-corrected chi connectivity index (χ4v) is 3.52. The van der Waals surface area contributed by atoms with E-state index in [9.17, 15) is 14.4 Å². The van der Waals surface area contributed by atoms with Crippen LogP contribution in [0.1, 0.15) is 29.5 Å². The Morgan fingerprint density at radius 1 is 1.03 bits per heavy atom. The zero-order valence-electron chi connectivity index (χ0n) is 18.2. The third-order valence-corrected chi connectivity index (χ3v) is 4.89. The van der Waals surface area contributed by atoms with Crippen molar-refractivity contribution in [3.8, 4) is 0 Å². The number of carbonyl (C=O) groups excluding carboxylic acids is 1. The average Bonchev–Trinajstić information content (AvgIpc) is 2.77. The molecule has 0 bridgehead atoms. The van der Waals surface area contributed by atoms with Crippen LogP contribution in [0.5, 0.6) is 0 Å². The highest BCUT2D eigenvalue weighted by Crippen LogP contribution is 2.36. The number of anilines is 1. The van der Waals surface area contributed by atoms with E-state index in [1.165, 1.54) is 16.7 Å². The van der Waals surface area contributed by atoms with Crippen molar-refractivity contribution in [2.24, 2.45) is 0 Å². The van der Waals surface area contributed by atoms with Gasteiger partial charge in [-0.3, -0.25) is 4.79 Å². The van der Waals surface area contributed by atoms with Crippen LogP contribution in [-0.2, 0) is 20.9 Å². The maximum Gasteiger partial charge on any atom is 0.328 e. The molecule has 1 aliphatic rings. The SMILES string of the molecule is CCNCC(=O)Nc1cccc2c1CN(C)CC2c1ccccc1.O=C(O)/C=C\C(=O)O. The molecule has 0 saturated heterocycles. The van der Waals surface area contributed by atoms with Crippen molar-refractivity contribution in [3.05, 3.63) is 77.4 Å². The fourth-order valence-electron chi connectivity index (χ4n) is 3.52. The quantitative estimate of drug-likeness (QED) is 0.490. The molecule has 1 aliphatic heterocycles. The largest absolute Gasteiger partial charge is 0.478 e. The first-order valence-corrected chi connectivity index (χ1v) is 10.3. The Labute approximate surface area is 187 Å². The summed E-state index contributed by atoms with van der Waals surface area (Å²) in [7, 11) is 2.14. The molecular weight excluding hydrogens is 410 g/mol. The van der Waals surface area contributed by atoms with E-state index < -0.39 is 11.9 Å². The fraction of sp³-hybridized carbons (Fsp3) is 0.292. The van der Waals surface area contributed by atoms with Crippen LogP contribution in [0.2, 0.25) is 0 Å². The molecule has 170 valence electrons. The zero-order chi connectivity index (χ0) is 23.5. The number of carboxylic acid groups (broad SMARTS) is 2. The Balaban J connectivity index is 0.000000390. The predicted octanol–water partition coefficient (Wildman–Crippen LogP) is 2.52. The molecule has 0 aliphatic carbocycles. The van der Waals surface area contributed by atoms with Gasteiger partial charge >= 0.3 is 11.9 Å². The predicted molar refractivity (Wildman–Crippen MR) is 123 cm³/mol. The van der Waals surface area contributed by atoms with Crippen LogP contribution in [0.25, 0.3) is 0 Å². The second-order valence-corrected chi connectivity index (χ2v) is 7.37. The monoisotopic (exact) mass is 439 g/mol. The lowest BCUT2D eigenvalue weighted by Crippen LogP contribution is -2.33. The van der Waals surface area contributed by atoms with Gasteiger partial charge in [0.15, 0.2) is 0 Å². The summed E-state index contributed by atoms with van der Waals surface area (Å²) in [6.45, 7) is 4.98. The van der Waals surface area contributed by atoms with E-state index in [-0.39, 0.29) is 5.91 Å². The second kappa shape index (κ2) is 12.4. The van der Waals surface area contributed by atoms with Gasteiger partial charge in [0.1, 0.15) is 0 Å². The zero-order valence-corrected chi connectivity index (χ0v) is 18.2. The van der Waals surface area contributed by atoms with E-state index >= 15 is 0 Å². The molecule has 1 heterocycles. The summed E-state index contributed by atoms with van der Waals surface area (Å²) in [5.41, 5.74) is 4.80. The molecule has 1 amide bonds. The molecule has 0 aromatic heterocycles. The number of nitrogens with zero attached hydrogens (tertiary/aromatic N) is 1. The molecule has 0 radical (unpaired) electrons. The van der Waals surface area contributed by atoms with Crippen molar-refractivity contribution in [1.82, 2.24) is 10.2 Å². The topological polar surface area (TPSA) is 119 Å². The minimum absolute atomic E-state index is 0.00902. The lowest BCUT2D eigenvalue weighted by atomic mass is 9.84. The van der Waals surface area contributed by atoms with Crippen molar-refractivity contribution in [2.45, 2.75) is 19.4 Å². The smallest absolute Gasteiger partial charge is 0.328 e. The van der Waals surface area contributed by atoms with Crippen LogP contribution in [0.4, 0.5) is 5.69 Å². The summed E-state index contributed by atoms with van der Waals surface area (Å²) in [4.78, 5) is 33.5. The van der Waals surface area contributed by atoms with Crippen LogP contribution < -0.4 is 10.6 Å². The van der Waals surface area contributed by atoms with E-state index in [1.54, 1.807) is 0 Å². The number of fused-ring (bicyclic) bond motifs is 1. The molecule has 2 aromatic rings. The van der Waals surface area contributed by atoms with E-state index in [2.05, 4.69) is 52.9 Å². The molecule has 2 aromatic carbocycles. The number of amides is 1. The molecule has 0 saturated carbocycles. The molecule has 0 spiro atoms. The first kappa shape index (κ1) is 24.8. The number of likely N-dealkylation sites (N-methyl/N-ethyl adjacent to an activating group) is 2. The summed E-state index contributed by atoms with van der Waals surface area (Å²) in [5, 5.41) is 21.8. The maximum absolute atomic E-state index is 12.1. The number of hydrogen-bond acceptors (Lipinski definition) is 5. The van der Waals surface area contributed by atoms with Crippen molar-refractivity contribution >= 4 is 23.5 Å². The first-order valence-electron chi connectivity index (χ1n) is 10.3. The standard InChI is InChI=1S/C20H25N3O.C4H4O4/c1-3-21-12-20(24)22-19-11-7-10-16-17(13-23(2)14-18(16)19)15-8-5-4-6-9-15;5-3(6)1-2-4(7)8/h4-11,17,21H,3,12-14H2,1-2H3,(H,22,24);1-2H,(H,5,6)(H,7,8)/b;2-1-. The van der Waals surface area contributed by atoms with Crippen molar-refractivity contribution in [2.75, 3.05) is 32.0 Å². The van der Waals surface area contributed by atoms with E-state index in [0.29, 0.717) is 24.6 Å². The Morgan fingerprint density at radius 2 is 1.69 bits per heavy atom. The van der Waals surface area contributed by atoms with Crippen LogP contribution in [0, 0.1) is 0 Å². The minimum Gasteiger partial charge on any atom is -0.478 e. The number of benzene rings is 2. The molecular formula is C24H29N3O5. The third kappa shape index (κ3) is 7.64. The Kier molecular flexibility index (Phi) is 9.59. The van der Waals surface area contributed by atoms with Gasteiger partial charge in [0, 0.05) is 36.8 Å². The molecule has 1 atom stereocenters. The number of rotatable bonds is 7. The normalized spacial score (nSPS) is 15.4. The number of carbonyl (C=O) groups is 3. The van der Waals surface area contributed by atoms with Gasteiger partial charge in [0.05, 0.1) is 6.54 Å². The maximum atomic E-state index is 12.1. The summed E-state index contributed by atoms with van der Waals surface area (Å²) in [5.74, 6) is -2.17. The molecule has 8 heteroatoms. The molecule has 0 fully saturated rings. The molecule has 32 heavy (non-hydrogen) atoms. The highest BCUT2D eigenvalue weighted by atomic mass is 16.4. The van der Waals surface area contributed by atoms with Crippen LogP contribution >= 0.6 is 0 Å². The average molecular weight is 440 g/mol. The number of carboxylic acids is 2. The van der Waals surface area contributed by atoms with Crippen molar-refractivity contribution < 1.29 is 24.6 Å². The van der Waals surface area contributed by atoms with Gasteiger partial charge in [-0.1, -0.05) is 49.4 Å². The van der Waals surface area contributed by atoms with Crippen LogP contribution in [0.3, 0.4) is 0 Å². The van der Waals surface area contributed by atoms with E-state index in [0.717, 1.165) is 25.3 Å². The third-order valence-electron chi connectivity index (χ3n) is 4.89. The number of nitrogens with one attached hydrogen (secondary N) is 2. The summed E-state index contributed by atoms with van der Waals surface area (Å²) in [6, 6.07) is 16.8. The van der Waals surface area contributed by atoms with E-state index in [4.69, 9.17) is 10.2 Å². The van der Waals surface area contributed by atoms with Gasteiger partial charge in [0.2, 0.25) is 5.91 Å². The first-order chi connectivity index (χ1) is 15.3. The number of aliphatic carboxylic acids is 2. The van der Waals surface area contributed by atoms with Crippen molar-refractivity contribution in [1.29, 1.82) is 0 Å². The Bertz CT molecular complexity index is 943. The summed E-state index contributed by atoms with van der Waals surface area (Å²) in [6.07, 6.45) is 1.12. The molecule has 4 N–H and O–H groups in total. The van der Waals surface area contributed by atoms with Crippen molar-refractivity contribution in [3.63, 3.8) is 0 Å². The minimum atomic E-state index is -1.26. The van der Waals surface area contributed by atoms with Gasteiger partial charge < -0.3 is 25.7 Å². The second-order valence-electron chi connectivity index (χ2n) is 7.37.